The standard InChI is InChI=1S/C15H23N3O2/c1-11-5-4-6-12(2)17(11)10-13-7-8-15(18(19)20)14(9-13)16-3/h7-9,11-12,16H,4-6,10H2,1-3H3. The number of piperidine rings is 1. The van der Waals surface area contributed by atoms with Crippen molar-refractivity contribution in [3.63, 3.8) is 0 Å². The summed E-state index contributed by atoms with van der Waals surface area (Å²) < 4.78 is 0. The fraction of sp³-hybridized carbons (Fsp3) is 0.600. The first kappa shape index (κ1) is 14.8. The zero-order chi connectivity index (χ0) is 14.7. The van der Waals surface area contributed by atoms with Gasteiger partial charge in [-0.15, -0.1) is 0 Å². The van der Waals surface area contributed by atoms with Crippen LogP contribution in [-0.2, 0) is 6.54 Å². The molecule has 1 heterocycles. The Labute approximate surface area is 120 Å². The number of nitrogens with zero attached hydrogens (tertiary/aromatic N) is 2. The minimum absolute atomic E-state index is 0.135. The molecule has 1 aliphatic heterocycles. The Morgan fingerprint density at radius 3 is 2.55 bits per heavy atom. The Bertz CT molecular complexity index is 480. The highest BCUT2D eigenvalue weighted by Crippen LogP contribution is 2.28. The normalized spacial score (nSPS) is 23.6. The average molecular weight is 277 g/mol. The van der Waals surface area contributed by atoms with E-state index in [1.807, 2.05) is 12.1 Å². The minimum Gasteiger partial charge on any atom is -0.383 e. The molecule has 2 atom stereocenters. The van der Waals surface area contributed by atoms with Crippen molar-refractivity contribution in [3.05, 3.63) is 33.9 Å². The molecule has 110 valence electrons. The molecule has 1 N–H and O–H groups in total. The maximum atomic E-state index is 10.9. The number of likely N-dealkylation sites (tertiary alicyclic amines) is 1. The quantitative estimate of drug-likeness (QED) is 0.677. The van der Waals surface area contributed by atoms with Crippen molar-refractivity contribution < 1.29 is 4.92 Å². The minimum atomic E-state index is -0.345. The predicted octanol–water partition coefficient (Wildman–Crippen LogP) is 3.40. The molecule has 1 aromatic carbocycles. The lowest BCUT2D eigenvalue weighted by Gasteiger charge is -2.39. The van der Waals surface area contributed by atoms with E-state index in [9.17, 15) is 10.1 Å². The molecule has 1 aliphatic rings. The Balaban J connectivity index is 2.19. The lowest BCUT2D eigenvalue weighted by atomic mass is 9.96. The van der Waals surface area contributed by atoms with Crippen molar-refractivity contribution in [2.45, 2.75) is 51.7 Å². The number of nitro benzene ring substituents is 1. The number of anilines is 1. The maximum absolute atomic E-state index is 10.9. The molecule has 0 bridgehead atoms. The number of benzene rings is 1. The molecule has 0 radical (unpaired) electrons. The van der Waals surface area contributed by atoms with Crippen molar-refractivity contribution in [1.29, 1.82) is 0 Å². The summed E-state index contributed by atoms with van der Waals surface area (Å²) in [5.41, 5.74) is 1.85. The molecule has 0 amide bonds. The smallest absolute Gasteiger partial charge is 0.292 e. The van der Waals surface area contributed by atoms with Gasteiger partial charge in [-0.3, -0.25) is 15.0 Å². The monoisotopic (exact) mass is 277 g/mol. The first-order chi connectivity index (χ1) is 9.52. The van der Waals surface area contributed by atoms with Gasteiger partial charge in [0.1, 0.15) is 5.69 Å². The molecule has 0 aliphatic carbocycles. The summed E-state index contributed by atoms with van der Waals surface area (Å²) in [5, 5.41) is 13.9. The van der Waals surface area contributed by atoms with Crippen molar-refractivity contribution in [3.8, 4) is 0 Å². The topological polar surface area (TPSA) is 58.4 Å². The Kier molecular flexibility index (Phi) is 4.60. The number of nitro groups is 1. The third-order valence-electron chi connectivity index (χ3n) is 4.27. The highest BCUT2D eigenvalue weighted by molar-refractivity contribution is 5.62. The van der Waals surface area contributed by atoms with E-state index in [2.05, 4.69) is 24.1 Å². The summed E-state index contributed by atoms with van der Waals surface area (Å²) in [7, 11) is 1.72. The average Bonchev–Trinajstić information content (AvgIpc) is 2.42. The maximum Gasteiger partial charge on any atom is 0.292 e. The van der Waals surface area contributed by atoms with Gasteiger partial charge in [-0.25, -0.2) is 0 Å². The van der Waals surface area contributed by atoms with E-state index in [1.54, 1.807) is 13.1 Å². The van der Waals surface area contributed by atoms with Crippen molar-refractivity contribution in [1.82, 2.24) is 4.90 Å². The van der Waals surface area contributed by atoms with Crippen molar-refractivity contribution >= 4 is 11.4 Å². The molecule has 2 unspecified atom stereocenters. The van der Waals surface area contributed by atoms with Crippen LogP contribution >= 0.6 is 0 Å². The number of rotatable bonds is 4. The fourth-order valence-corrected chi connectivity index (χ4v) is 3.04. The number of nitrogens with one attached hydrogen (secondary N) is 1. The van der Waals surface area contributed by atoms with Gasteiger partial charge in [0.25, 0.3) is 5.69 Å². The van der Waals surface area contributed by atoms with Gasteiger partial charge in [-0.2, -0.15) is 0 Å². The predicted molar refractivity (Wildman–Crippen MR) is 81.0 cm³/mol. The summed E-state index contributed by atoms with van der Waals surface area (Å²) in [6.07, 6.45) is 3.76. The first-order valence-electron chi connectivity index (χ1n) is 7.23. The molecule has 5 heteroatoms. The molecular formula is C15H23N3O2. The van der Waals surface area contributed by atoms with E-state index in [1.165, 1.54) is 19.3 Å². The molecule has 0 spiro atoms. The van der Waals surface area contributed by atoms with E-state index in [0.29, 0.717) is 17.8 Å². The fourth-order valence-electron chi connectivity index (χ4n) is 3.04. The van der Waals surface area contributed by atoms with Gasteiger partial charge in [0.2, 0.25) is 0 Å². The SMILES string of the molecule is CNc1cc(CN2C(C)CCCC2C)ccc1[N+](=O)[O-]. The molecule has 1 saturated heterocycles. The zero-order valence-electron chi connectivity index (χ0n) is 12.4. The van der Waals surface area contributed by atoms with Gasteiger partial charge in [0.05, 0.1) is 4.92 Å². The molecule has 0 saturated carbocycles. The van der Waals surface area contributed by atoms with Crippen LogP contribution in [0.25, 0.3) is 0 Å². The van der Waals surface area contributed by atoms with E-state index in [-0.39, 0.29) is 10.6 Å². The number of hydrogen-bond donors (Lipinski definition) is 1. The van der Waals surface area contributed by atoms with Gasteiger partial charge in [0, 0.05) is 31.7 Å². The van der Waals surface area contributed by atoms with Crippen molar-refractivity contribution in [2.24, 2.45) is 0 Å². The van der Waals surface area contributed by atoms with Gasteiger partial charge in [0.15, 0.2) is 0 Å². The summed E-state index contributed by atoms with van der Waals surface area (Å²) in [4.78, 5) is 13.1. The van der Waals surface area contributed by atoms with Gasteiger partial charge in [-0.1, -0.05) is 12.5 Å². The summed E-state index contributed by atoms with van der Waals surface area (Å²) in [6.45, 7) is 5.38. The van der Waals surface area contributed by atoms with Gasteiger partial charge in [-0.05, 0) is 38.3 Å². The highest BCUT2D eigenvalue weighted by atomic mass is 16.6. The second-order valence-electron chi connectivity index (χ2n) is 5.66. The van der Waals surface area contributed by atoms with Crippen molar-refractivity contribution in [2.75, 3.05) is 12.4 Å². The second-order valence-corrected chi connectivity index (χ2v) is 5.66. The van der Waals surface area contributed by atoms with Crippen LogP contribution in [0.3, 0.4) is 0 Å². The first-order valence-corrected chi connectivity index (χ1v) is 7.23. The molecular weight excluding hydrogens is 254 g/mol. The van der Waals surface area contributed by atoms with E-state index in [4.69, 9.17) is 0 Å². The molecule has 1 aromatic rings. The molecule has 5 nitrogen and oxygen atoms in total. The Morgan fingerprint density at radius 2 is 2.00 bits per heavy atom. The molecule has 2 rings (SSSR count). The summed E-state index contributed by atoms with van der Waals surface area (Å²) in [5.74, 6) is 0. The van der Waals surface area contributed by atoms with Crippen LogP contribution in [0.4, 0.5) is 11.4 Å². The van der Waals surface area contributed by atoms with Crippen LogP contribution in [-0.4, -0.2) is 29.0 Å². The zero-order valence-corrected chi connectivity index (χ0v) is 12.4. The Morgan fingerprint density at radius 1 is 1.35 bits per heavy atom. The molecule has 0 aromatic heterocycles. The highest BCUT2D eigenvalue weighted by Gasteiger charge is 2.25. The second kappa shape index (κ2) is 6.22. The number of hydrogen-bond acceptors (Lipinski definition) is 4. The lowest BCUT2D eigenvalue weighted by Crippen LogP contribution is -2.42. The van der Waals surface area contributed by atoms with Crippen LogP contribution in [0.5, 0.6) is 0 Å². The van der Waals surface area contributed by atoms with E-state index >= 15 is 0 Å². The Hall–Kier alpha value is -1.62. The molecule has 20 heavy (non-hydrogen) atoms. The van der Waals surface area contributed by atoms with E-state index < -0.39 is 0 Å². The van der Waals surface area contributed by atoms with Crippen LogP contribution < -0.4 is 5.32 Å². The lowest BCUT2D eigenvalue weighted by molar-refractivity contribution is -0.384. The summed E-state index contributed by atoms with van der Waals surface area (Å²) >= 11 is 0. The molecule has 1 fully saturated rings. The van der Waals surface area contributed by atoms with E-state index in [0.717, 1.165) is 12.1 Å². The van der Waals surface area contributed by atoms with Crippen LogP contribution in [0, 0.1) is 10.1 Å². The third-order valence-corrected chi connectivity index (χ3v) is 4.27. The van der Waals surface area contributed by atoms with Gasteiger partial charge < -0.3 is 5.32 Å². The van der Waals surface area contributed by atoms with Crippen LogP contribution in [0.15, 0.2) is 18.2 Å². The van der Waals surface area contributed by atoms with Crippen LogP contribution in [0.2, 0.25) is 0 Å². The van der Waals surface area contributed by atoms with Crippen LogP contribution in [0.1, 0.15) is 38.7 Å². The van der Waals surface area contributed by atoms with Gasteiger partial charge >= 0.3 is 0 Å². The third kappa shape index (κ3) is 3.10. The largest absolute Gasteiger partial charge is 0.383 e. The summed E-state index contributed by atoms with van der Waals surface area (Å²) in [6, 6.07) is 6.51.